The van der Waals surface area contributed by atoms with E-state index in [0.717, 1.165) is 25.3 Å². The predicted molar refractivity (Wildman–Crippen MR) is 106 cm³/mol. The fourth-order valence-electron chi connectivity index (χ4n) is 3.12. The SMILES string of the molecule is CN=C(NCC(O)c1ccccc1F)NC1CCN(c2ncccc2Cl)C1. The predicted octanol–water partition coefficient (Wildman–Crippen LogP) is 2.35. The number of hydrogen-bond acceptors (Lipinski definition) is 4. The highest BCUT2D eigenvalue weighted by Crippen LogP contribution is 2.25. The molecule has 6 nitrogen and oxygen atoms in total. The molecule has 2 atom stereocenters. The van der Waals surface area contributed by atoms with Crippen molar-refractivity contribution in [3.63, 3.8) is 0 Å². The fourth-order valence-corrected chi connectivity index (χ4v) is 3.36. The van der Waals surface area contributed by atoms with Crippen LogP contribution in [0.4, 0.5) is 10.2 Å². The van der Waals surface area contributed by atoms with Gasteiger partial charge in [0, 0.05) is 44.5 Å². The minimum absolute atomic E-state index is 0.156. The summed E-state index contributed by atoms with van der Waals surface area (Å²) in [5.41, 5.74) is 0.261. The molecule has 3 rings (SSSR count). The zero-order valence-electron chi connectivity index (χ0n) is 15.1. The molecular formula is C19H23ClFN5O. The van der Waals surface area contributed by atoms with E-state index in [1.54, 1.807) is 31.4 Å². The highest BCUT2D eigenvalue weighted by molar-refractivity contribution is 6.32. The molecule has 0 spiro atoms. The second kappa shape index (κ2) is 9.01. The van der Waals surface area contributed by atoms with Crippen LogP contribution < -0.4 is 15.5 Å². The summed E-state index contributed by atoms with van der Waals surface area (Å²) in [4.78, 5) is 10.7. The second-order valence-electron chi connectivity index (χ2n) is 6.38. The Bertz CT molecular complexity index is 803. The van der Waals surface area contributed by atoms with Crippen molar-refractivity contribution < 1.29 is 9.50 Å². The number of anilines is 1. The van der Waals surface area contributed by atoms with Gasteiger partial charge in [0.05, 0.1) is 11.1 Å². The first kappa shape index (κ1) is 19.4. The van der Waals surface area contributed by atoms with Gasteiger partial charge in [0.1, 0.15) is 11.6 Å². The van der Waals surface area contributed by atoms with Crippen molar-refractivity contribution in [2.75, 3.05) is 31.6 Å². The number of pyridine rings is 1. The summed E-state index contributed by atoms with van der Waals surface area (Å²) in [6.45, 7) is 1.74. The number of hydrogen-bond donors (Lipinski definition) is 3. The average Bonchev–Trinajstić information content (AvgIpc) is 3.14. The van der Waals surface area contributed by atoms with Crippen molar-refractivity contribution in [3.05, 3.63) is 59.0 Å². The van der Waals surface area contributed by atoms with Gasteiger partial charge in [-0.3, -0.25) is 4.99 Å². The van der Waals surface area contributed by atoms with Gasteiger partial charge >= 0.3 is 0 Å². The van der Waals surface area contributed by atoms with E-state index in [2.05, 4.69) is 25.5 Å². The first-order valence-electron chi connectivity index (χ1n) is 8.83. The summed E-state index contributed by atoms with van der Waals surface area (Å²) in [7, 11) is 1.66. The average molecular weight is 392 g/mol. The van der Waals surface area contributed by atoms with Gasteiger partial charge < -0.3 is 20.6 Å². The molecule has 144 valence electrons. The van der Waals surface area contributed by atoms with E-state index < -0.39 is 11.9 Å². The molecule has 2 heterocycles. The summed E-state index contributed by atoms with van der Waals surface area (Å²) < 4.78 is 13.8. The standard InChI is InChI=1S/C19H23ClFN5O/c1-22-19(24-11-17(27)14-5-2-3-7-16(14)21)25-13-8-10-26(12-13)18-15(20)6-4-9-23-18/h2-7,9,13,17,27H,8,10-12H2,1H3,(H2,22,24,25). The van der Waals surface area contributed by atoms with E-state index in [1.807, 2.05) is 12.1 Å². The van der Waals surface area contributed by atoms with E-state index >= 15 is 0 Å². The summed E-state index contributed by atoms with van der Waals surface area (Å²) in [6.07, 6.45) is 1.67. The van der Waals surface area contributed by atoms with Crippen molar-refractivity contribution in [2.45, 2.75) is 18.6 Å². The molecule has 8 heteroatoms. The number of guanidine groups is 1. The Morgan fingerprint density at radius 2 is 2.22 bits per heavy atom. The highest BCUT2D eigenvalue weighted by atomic mass is 35.5. The third-order valence-corrected chi connectivity index (χ3v) is 4.81. The van der Waals surface area contributed by atoms with Crippen LogP contribution in [0.2, 0.25) is 5.02 Å². The Labute approximate surface area is 163 Å². The summed E-state index contributed by atoms with van der Waals surface area (Å²) in [6, 6.07) is 10.0. The number of rotatable bonds is 5. The van der Waals surface area contributed by atoms with Crippen LogP contribution in [0.25, 0.3) is 0 Å². The molecule has 1 saturated heterocycles. The van der Waals surface area contributed by atoms with Crippen molar-refractivity contribution in [1.82, 2.24) is 15.6 Å². The number of halogens is 2. The molecule has 1 aliphatic heterocycles. The lowest BCUT2D eigenvalue weighted by molar-refractivity contribution is 0.176. The van der Waals surface area contributed by atoms with Gasteiger partial charge in [0.15, 0.2) is 5.96 Å². The molecule has 1 aromatic carbocycles. The highest BCUT2D eigenvalue weighted by Gasteiger charge is 2.25. The number of nitrogens with zero attached hydrogens (tertiary/aromatic N) is 3. The van der Waals surface area contributed by atoms with Gasteiger partial charge in [-0.1, -0.05) is 29.8 Å². The van der Waals surface area contributed by atoms with E-state index in [4.69, 9.17) is 11.6 Å². The van der Waals surface area contributed by atoms with Gasteiger partial charge in [0.25, 0.3) is 0 Å². The molecule has 0 amide bonds. The lowest BCUT2D eigenvalue weighted by Crippen LogP contribution is -2.45. The van der Waals surface area contributed by atoms with Crippen LogP contribution in [0.3, 0.4) is 0 Å². The van der Waals surface area contributed by atoms with E-state index in [1.165, 1.54) is 6.07 Å². The molecule has 1 aromatic heterocycles. The smallest absolute Gasteiger partial charge is 0.191 e. The Hall–Kier alpha value is -2.38. The van der Waals surface area contributed by atoms with Crippen molar-refractivity contribution in [2.24, 2.45) is 4.99 Å². The molecular weight excluding hydrogens is 369 g/mol. The molecule has 0 bridgehead atoms. The van der Waals surface area contributed by atoms with Gasteiger partial charge in [0.2, 0.25) is 0 Å². The molecule has 1 aliphatic rings. The number of aliphatic hydroxyl groups is 1. The van der Waals surface area contributed by atoms with Crippen LogP contribution in [-0.4, -0.2) is 48.8 Å². The Morgan fingerprint density at radius 1 is 1.41 bits per heavy atom. The number of aliphatic imine (C=N–C) groups is 1. The van der Waals surface area contributed by atoms with Crippen molar-refractivity contribution in [1.29, 1.82) is 0 Å². The normalized spacial score (nSPS) is 18.4. The maximum absolute atomic E-state index is 13.8. The number of nitrogens with one attached hydrogen (secondary N) is 2. The minimum atomic E-state index is -0.961. The molecule has 27 heavy (non-hydrogen) atoms. The Morgan fingerprint density at radius 3 is 2.96 bits per heavy atom. The van der Waals surface area contributed by atoms with Gasteiger partial charge in [-0.05, 0) is 24.6 Å². The molecule has 0 saturated carbocycles. The fraction of sp³-hybridized carbons (Fsp3) is 0.368. The maximum Gasteiger partial charge on any atom is 0.191 e. The summed E-state index contributed by atoms with van der Waals surface area (Å²) >= 11 is 6.22. The number of aromatic nitrogens is 1. The molecule has 2 unspecified atom stereocenters. The first-order valence-corrected chi connectivity index (χ1v) is 9.21. The third-order valence-electron chi connectivity index (χ3n) is 4.52. The van der Waals surface area contributed by atoms with Crippen LogP contribution in [0.5, 0.6) is 0 Å². The van der Waals surface area contributed by atoms with Crippen LogP contribution >= 0.6 is 11.6 Å². The minimum Gasteiger partial charge on any atom is -0.386 e. The second-order valence-corrected chi connectivity index (χ2v) is 6.78. The zero-order chi connectivity index (χ0) is 19.2. The van der Waals surface area contributed by atoms with Gasteiger partial charge in [-0.25, -0.2) is 9.37 Å². The molecule has 0 radical (unpaired) electrons. The maximum atomic E-state index is 13.8. The number of benzene rings is 1. The first-order chi connectivity index (χ1) is 13.1. The number of aliphatic hydroxyl groups excluding tert-OH is 1. The quantitative estimate of drug-likeness (QED) is 0.539. The topological polar surface area (TPSA) is 72.8 Å². The lowest BCUT2D eigenvalue weighted by Gasteiger charge is -2.21. The van der Waals surface area contributed by atoms with Crippen LogP contribution in [0.15, 0.2) is 47.6 Å². The van der Waals surface area contributed by atoms with Crippen LogP contribution in [-0.2, 0) is 0 Å². The summed E-state index contributed by atoms with van der Waals surface area (Å²) in [5.74, 6) is 0.916. The zero-order valence-corrected chi connectivity index (χ0v) is 15.8. The van der Waals surface area contributed by atoms with Crippen molar-refractivity contribution in [3.8, 4) is 0 Å². The monoisotopic (exact) mass is 391 g/mol. The van der Waals surface area contributed by atoms with E-state index in [9.17, 15) is 9.50 Å². The largest absolute Gasteiger partial charge is 0.386 e. The third kappa shape index (κ3) is 4.87. The Kier molecular flexibility index (Phi) is 6.47. The molecule has 1 fully saturated rings. The summed E-state index contributed by atoms with van der Waals surface area (Å²) in [5, 5.41) is 17.2. The van der Waals surface area contributed by atoms with E-state index in [-0.39, 0.29) is 18.2 Å². The molecule has 2 aromatic rings. The van der Waals surface area contributed by atoms with Crippen LogP contribution in [0.1, 0.15) is 18.1 Å². The molecule has 3 N–H and O–H groups in total. The molecule has 0 aliphatic carbocycles. The van der Waals surface area contributed by atoms with E-state index in [0.29, 0.717) is 11.0 Å². The Balaban J connectivity index is 1.52. The van der Waals surface area contributed by atoms with Gasteiger partial charge in [-0.2, -0.15) is 0 Å². The van der Waals surface area contributed by atoms with Crippen molar-refractivity contribution >= 4 is 23.4 Å². The van der Waals surface area contributed by atoms with Gasteiger partial charge in [-0.15, -0.1) is 0 Å². The van der Waals surface area contributed by atoms with Crippen LogP contribution in [0, 0.1) is 5.82 Å². The lowest BCUT2D eigenvalue weighted by atomic mass is 10.1.